The Kier molecular flexibility index (Phi) is 6.68. The zero-order valence-electron chi connectivity index (χ0n) is 16.3. The van der Waals surface area contributed by atoms with Crippen LogP contribution in [-0.2, 0) is 14.3 Å². The van der Waals surface area contributed by atoms with Crippen LogP contribution in [0.4, 0.5) is 4.79 Å². The van der Waals surface area contributed by atoms with Gasteiger partial charge in [0.15, 0.2) is 0 Å². The van der Waals surface area contributed by atoms with Gasteiger partial charge in [-0.2, -0.15) is 0 Å². The highest BCUT2D eigenvalue weighted by Gasteiger charge is 2.29. The Bertz CT molecular complexity index is 899. The lowest BCUT2D eigenvalue weighted by Gasteiger charge is -2.17. The lowest BCUT2D eigenvalue weighted by molar-refractivity contribution is -0.139. The molecule has 0 aromatic heterocycles. The largest absolute Gasteiger partial charge is 0.480 e. The number of carboxylic acids is 2. The van der Waals surface area contributed by atoms with Crippen LogP contribution in [0.25, 0.3) is 11.1 Å². The Morgan fingerprint density at radius 1 is 0.933 bits per heavy atom. The topological polar surface area (TPSA) is 139 Å². The Labute approximate surface area is 173 Å². The monoisotopic (exact) mass is 412 g/mol. The smallest absolute Gasteiger partial charge is 0.407 e. The van der Waals surface area contributed by atoms with Crippen molar-refractivity contribution < 1.29 is 29.3 Å². The number of fused-ring (bicyclic) bond motifs is 3. The van der Waals surface area contributed by atoms with E-state index in [1.54, 1.807) is 0 Å². The second-order valence-electron chi connectivity index (χ2n) is 7.24. The predicted octanol–water partition coefficient (Wildman–Crippen LogP) is 2.56. The van der Waals surface area contributed by atoms with Gasteiger partial charge in [-0.05, 0) is 41.5 Å². The number of nitrogens with two attached hydrogens (primary N) is 1. The van der Waals surface area contributed by atoms with E-state index in [9.17, 15) is 19.5 Å². The second kappa shape index (κ2) is 9.41. The third-order valence-electron chi connectivity index (χ3n) is 5.26. The predicted molar refractivity (Wildman–Crippen MR) is 109 cm³/mol. The highest BCUT2D eigenvalue weighted by Crippen LogP contribution is 2.44. The normalized spacial score (nSPS) is 14.3. The molecule has 0 spiro atoms. The number of benzene rings is 2. The van der Waals surface area contributed by atoms with Crippen molar-refractivity contribution in [3.05, 3.63) is 59.7 Å². The summed E-state index contributed by atoms with van der Waals surface area (Å²) in [5.41, 5.74) is 9.73. The van der Waals surface area contributed by atoms with Gasteiger partial charge >= 0.3 is 18.0 Å². The van der Waals surface area contributed by atoms with Crippen molar-refractivity contribution in [1.29, 1.82) is 0 Å². The maximum Gasteiger partial charge on any atom is 0.407 e. The molecule has 2 aromatic carbocycles. The fourth-order valence-electron chi connectivity index (χ4n) is 3.71. The Morgan fingerprint density at radius 2 is 1.50 bits per heavy atom. The average molecular weight is 412 g/mol. The number of ether oxygens (including phenoxy) is 1. The lowest BCUT2D eigenvalue weighted by atomic mass is 9.98. The van der Waals surface area contributed by atoms with Crippen molar-refractivity contribution in [2.75, 3.05) is 6.61 Å². The molecule has 0 heterocycles. The molecule has 2 aromatic rings. The third kappa shape index (κ3) is 4.77. The van der Waals surface area contributed by atoms with Crippen LogP contribution in [0.15, 0.2) is 48.5 Å². The molecule has 0 saturated heterocycles. The number of hydrogen-bond acceptors (Lipinski definition) is 5. The van der Waals surface area contributed by atoms with Crippen molar-refractivity contribution >= 4 is 18.0 Å². The summed E-state index contributed by atoms with van der Waals surface area (Å²) < 4.78 is 5.35. The zero-order valence-corrected chi connectivity index (χ0v) is 16.3. The number of carbonyl (C=O) groups excluding carboxylic acids is 1. The minimum absolute atomic E-state index is 0.0561. The van der Waals surface area contributed by atoms with Crippen molar-refractivity contribution in [1.82, 2.24) is 5.32 Å². The molecule has 1 aliphatic carbocycles. The maximum absolute atomic E-state index is 12.2. The standard InChI is InChI=1S/C22H24N2O6/c23-18(20(25)26)10-5-11-19(21(27)28)24-22(29)30-12-17-15-8-3-1-6-13(15)14-7-2-4-9-16(14)17/h1-4,6-9,17-19H,5,10-12,23H2,(H,24,29)(H,25,26)(H,27,28). The average Bonchev–Trinajstić information content (AvgIpc) is 3.05. The van der Waals surface area contributed by atoms with Crippen LogP contribution in [-0.4, -0.2) is 46.9 Å². The van der Waals surface area contributed by atoms with Crippen molar-refractivity contribution in [3.8, 4) is 11.1 Å². The summed E-state index contributed by atoms with van der Waals surface area (Å²) in [7, 11) is 0. The van der Waals surface area contributed by atoms with Crippen molar-refractivity contribution in [2.45, 2.75) is 37.3 Å². The van der Waals surface area contributed by atoms with E-state index in [0.29, 0.717) is 0 Å². The van der Waals surface area contributed by atoms with Gasteiger partial charge in [-0.25, -0.2) is 9.59 Å². The third-order valence-corrected chi connectivity index (χ3v) is 5.26. The Hall–Kier alpha value is -3.39. The van der Waals surface area contributed by atoms with Gasteiger partial charge in [0.05, 0.1) is 0 Å². The summed E-state index contributed by atoms with van der Waals surface area (Å²) in [4.78, 5) is 34.4. The van der Waals surface area contributed by atoms with E-state index in [1.807, 2.05) is 48.5 Å². The molecule has 8 nitrogen and oxygen atoms in total. The quantitative estimate of drug-likeness (QED) is 0.496. The van der Waals surface area contributed by atoms with Gasteiger partial charge in [0.2, 0.25) is 0 Å². The molecule has 3 rings (SSSR count). The summed E-state index contributed by atoms with van der Waals surface area (Å²) in [6.45, 7) is 0.0795. The summed E-state index contributed by atoms with van der Waals surface area (Å²) >= 11 is 0. The number of alkyl carbamates (subject to hydrolysis) is 1. The Morgan fingerprint density at radius 3 is 2.03 bits per heavy atom. The summed E-state index contributed by atoms with van der Waals surface area (Å²) in [6.07, 6.45) is -0.410. The van der Waals surface area contributed by atoms with Crippen molar-refractivity contribution in [2.24, 2.45) is 5.73 Å². The van der Waals surface area contributed by atoms with Gasteiger partial charge in [-0.3, -0.25) is 4.79 Å². The molecule has 1 aliphatic rings. The minimum Gasteiger partial charge on any atom is -0.480 e. The number of nitrogens with one attached hydrogen (secondary N) is 1. The molecule has 0 saturated carbocycles. The fourth-order valence-corrected chi connectivity index (χ4v) is 3.71. The van der Waals surface area contributed by atoms with E-state index >= 15 is 0 Å². The van der Waals surface area contributed by atoms with Crippen LogP contribution in [0.2, 0.25) is 0 Å². The molecule has 30 heavy (non-hydrogen) atoms. The number of aliphatic carboxylic acids is 2. The maximum atomic E-state index is 12.2. The zero-order chi connectivity index (χ0) is 21.7. The van der Waals surface area contributed by atoms with Gasteiger partial charge in [-0.1, -0.05) is 48.5 Å². The molecule has 2 unspecified atom stereocenters. The SMILES string of the molecule is NC(CCCC(NC(=O)OCC1c2ccccc2-c2ccccc21)C(=O)O)C(=O)O. The van der Waals surface area contributed by atoms with Gasteiger partial charge < -0.3 is 26.0 Å². The molecule has 1 amide bonds. The molecular weight excluding hydrogens is 388 g/mol. The number of amides is 1. The Balaban J connectivity index is 1.58. The number of hydrogen-bond donors (Lipinski definition) is 4. The van der Waals surface area contributed by atoms with Crippen LogP contribution in [0.1, 0.15) is 36.3 Å². The fraction of sp³-hybridized carbons (Fsp3) is 0.318. The van der Waals surface area contributed by atoms with Gasteiger partial charge in [0.25, 0.3) is 0 Å². The van der Waals surface area contributed by atoms with Gasteiger partial charge in [0.1, 0.15) is 18.7 Å². The van der Waals surface area contributed by atoms with Crippen LogP contribution < -0.4 is 11.1 Å². The van der Waals surface area contributed by atoms with Gasteiger partial charge in [-0.15, -0.1) is 0 Å². The van der Waals surface area contributed by atoms with E-state index in [2.05, 4.69) is 5.32 Å². The van der Waals surface area contributed by atoms with Crippen LogP contribution in [0.3, 0.4) is 0 Å². The van der Waals surface area contributed by atoms with E-state index < -0.39 is 30.1 Å². The molecule has 0 radical (unpaired) electrons. The van der Waals surface area contributed by atoms with E-state index in [4.69, 9.17) is 15.6 Å². The molecule has 8 heteroatoms. The highest BCUT2D eigenvalue weighted by atomic mass is 16.5. The molecule has 0 bridgehead atoms. The molecular formula is C22H24N2O6. The highest BCUT2D eigenvalue weighted by molar-refractivity contribution is 5.81. The molecule has 2 atom stereocenters. The molecule has 5 N–H and O–H groups in total. The van der Waals surface area contributed by atoms with Crippen LogP contribution in [0, 0.1) is 0 Å². The summed E-state index contributed by atoms with van der Waals surface area (Å²) in [6, 6.07) is 13.6. The lowest BCUT2D eigenvalue weighted by Crippen LogP contribution is -2.41. The first-order valence-electron chi connectivity index (χ1n) is 9.71. The molecule has 158 valence electrons. The van der Waals surface area contributed by atoms with E-state index in [0.717, 1.165) is 22.3 Å². The summed E-state index contributed by atoms with van der Waals surface area (Å²) in [5.74, 6) is -2.49. The van der Waals surface area contributed by atoms with E-state index in [-0.39, 0.29) is 31.8 Å². The number of carboxylic acid groups (broad SMARTS) is 2. The first kappa shape index (κ1) is 21.3. The second-order valence-corrected chi connectivity index (χ2v) is 7.24. The summed E-state index contributed by atoms with van der Waals surface area (Å²) in [5, 5.41) is 20.4. The first-order valence-corrected chi connectivity index (χ1v) is 9.71. The van der Waals surface area contributed by atoms with E-state index in [1.165, 1.54) is 0 Å². The van der Waals surface area contributed by atoms with Crippen molar-refractivity contribution in [3.63, 3.8) is 0 Å². The number of carbonyl (C=O) groups is 3. The molecule has 0 fully saturated rings. The van der Waals surface area contributed by atoms with Gasteiger partial charge in [0, 0.05) is 5.92 Å². The number of rotatable bonds is 9. The minimum atomic E-state index is -1.22. The first-order chi connectivity index (χ1) is 14.4. The van der Waals surface area contributed by atoms with Crippen LogP contribution in [0.5, 0.6) is 0 Å². The van der Waals surface area contributed by atoms with Crippen LogP contribution >= 0.6 is 0 Å². The molecule has 0 aliphatic heterocycles.